The number of carbonyl (C=O) groups is 3. The topological polar surface area (TPSA) is 78.9 Å². The number of hydrogen-bond donors (Lipinski definition) is 0. The monoisotopic (exact) mass is 891 g/mol. The summed E-state index contributed by atoms with van der Waals surface area (Å²) in [6.45, 7) is 6.70. The first-order valence-electron chi connectivity index (χ1n) is 28.5. The van der Waals surface area contributed by atoms with Crippen LogP contribution in [0, 0.1) is 0 Å². The van der Waals surface area contributed by atoms with Gasteiger partial charge in [0.2, 0.25) is 0 Å². The van der Waals surface area contributed by atoms with Crippen LogP contribution in [0.5, 0.6) is 0 Å². The van der Waals surface area contributed by atoms with Gasteiger partial charge in [-0.3, -0.25) is 14.4 Å². The molecule has 0 unspecified atom stereocenters. The number of carbonyl (C=O) groups excluding carboxylic acids is 3. The van der Waals surface area contributed by atoms with Crippen molar-refractivity contribution in [1.29, 1.82) is 0 Å². The molecule has 0 aromatic heterocycles. The number of ether oxygens (including phenoxy) is 3. The summed E-state index contributed by atoms with van der Waals surface area (Å²) in [5, 5.41) is 0. The Hall–Kier alpha value is -1.59. The molecule has 0 fully saturated rings. The summed E-state index contributed by atoms with van der Waals surface area (Å²) in [5.74, 6) is -0.832. The molecule has 0 bridgehead atoms. The summed E-state index contributed by atoms with van der Waals surface area (Å²) in [5.41, 5.74) is 0. The van der Waals surface area contributed by atoms with Gasteiger partial charge in [0.25, 0.3) is 0 Å². The van der Waals surface area contributed by atoms with Gasteiger partial charge in [-0.2, -0.15) is 0 Å². The molecule has 0 heterocycles. The average molecular weight is 892 g/mol. The van der Waals surface area contributed by atoms with E-state index in [1.807, 2.05) is 0 Å². The van der Waals surface area contributed by atoms with E-state index in [4.69, 9.17) is 14.2 Å². The van der Waals surface area contributed by atoms with Crippen LogP contribution in [0.4, 0.5) is 0 Å². The van der Waals surface area contributed by atoms with Gasteiger partial charge in [0.1, 0.15) is 13.2 Å². The van der Waals surface area contributed by atoms with Gasteiger partial charge in [-0.05, 0) is 19.3 Å². The third-order valence-corrected chi connectivity index (χ3v) is 13.1. The normalized spacial score (nSPS) is 11.9. The standard InChI is InChI=1S/C57H110O6/c1-4-7-10-13-16-19-22-25-28-30-33-35-38-41-44-47-50-56(59)62-53-54(63-57(60)51-48-45-42-39-36-31-27-24-21-18-15-12-9-6-3)52-61-55(58)49-46-43-40-37-34-32-29-26-23-20-17-14-11-8-5-2/h54H,4-53H2,1-3H3/t54-/m0/s1. The van der Waals surface area contributed by atoms with Crippen molar-refractivity contribution in [3.8, 4) is 0 Å². The largest absolute Gasteiger partial charge is 0.462 e. The minimum atomic E-state index is -0.760. The fourth-order valence-corrected chi connectivity index (χ4v) is 8.80. The van der Waals surface area contributed by atoms with Gasteiger partial charge in [0, 0.05) is 19.3 Å². The summed E-state index contributed by atoms with van der Waals surface area (Å²) < 4.78 is 16.9. The second kappa shape index (κ2) is 53.0. The van der Waals surface area contributed by atoms with E-state index in [2.05, 4.69) is 20.8 Å². The Morgan fingerprint density at radius 1 is 0.254 bits per heavy atom. The Kier molecular flexibility index (Phi) is 51.7. The van der Waals surface area contributed by atoms with Crippen LogP contribution in [0.25, 0.3) is 0 Å². The van der Waals surface area contributed by atoms with Gasteiger partial charge in [0.05, 0.1) is 0 Å². The molecule has 0 aliphatic carbocycles. The molecule has 1 atom stereocenters. The number of hydrogen-bond acceptors (Lipinski definition) is 6. The summed E-state index contributed by atoms with van der Waals surface area (Å²) in [4.78, 5) is 38.1. The lowest BCUT2D eigenvalue weighted by molar-refractivity contribution is -0.167. The van der Waals surface area contributed by atoms with Crippen molar-refractivity contribution in [1.82, 2.24) is 0 Å². The summed E-state index contributed by atoms with van der Waals surface area (Å²) >= 11 is 0. The molecule has 0 aromatic carbocycles. The van der Waals surface area contributed by atoms with Crippen molar-refractivity contribution in [3.05, 3.63) is 0 Å². The first-order valence-corrected chi connectivity index (χ1v) is 28.5. The van der Waals surface area contributed by atoms with E-state index >= 15 is 0 Å². The molecule has 0 N–H and O–H groups in total. The van der Waals surface area contributed by atoms with Crippen LogP contribution in [0.3, 0.4) is 0 Å². The molecule has 0 aliphatic heterocycles. The third kappa shape index (κ3) is 51.3. The van der Waals surface area contributed by atoms with Crippen molar-refractivity contribution in [2.24, 2.45) is 0 Å². The van der Waals surface area contributed by atoms with Gasteiger partial charge in [-0.1, -0.05) is 290 Å². The molecule has 0 rings (SSSR count). The maximum atomic E-state index is 12.8. The molecule has 6 heteroatoms. The first-order chi connectivity index (χ1) is 31.0. The van der Waals surface area contributed by atoms with Crippen molar-refractivity contribution in [3.63, 3.8) is 0 Å². The molecular weight excluding hydrogens is 781 g/mol. The zero-order valence-electron chi connectivity index (χ0n) is 42.9. The minimum absolute atomic E-state index is 0.0611. The summed E-state index contributed by atoms with van der Waals surface area (Å²) in [6, 6.07) is 0. The predicted molar refractivity (Wildman–Crippen MR) is 270 cm³/mol. The number of rotatable bonds is 53. The molecular formula is C57H110O6. The second-order valence-electron chi connectivity index (χ2n) is 19.6. The quantitative estimate of drug-likeness (QED) is 0.0344. The molecule has 0 saturated heterocycles. The van der Waals surface area contributed by atoms with E-state index in [0.29, 0.717) is 19.3 Å². The van der Waals surface area contributed by atoms with Gasteiger partial charge < -0.3 is 14.2 Å². The van der Waals surface area contributed by atoms with Crippen molar-refractivity contribution in [2.75, 3.05) is 13.2 Å². The molecule has 0 saturated carbocycles. The molecule has 0 aromatic rings. The molecule has 0 spiro atoms. The highest BCUT2D eigenvalue weighted by atomic mass is 16.6. The molecule has 63 heavy (non-hydrogen) atoms. The van der Waals surface area contributed by atoms with E-state index in [1.54, 1.807) is 0 Å². The molecule has 0 aliphatic rings. The van der Waals surface area contributed by atoms with E-state index in [-0.39, 0.29) is 31.1 Å². The second-order valence-corrected chi connectivity index (χ2v) is 19.6. The summed E-state index contributed by atoms with van der Waals surface area (Å²) in [7, 11) is 0. The van der Waals surface area contributed by atoms with Crippen LogP contribution in [-0.2, 0) is 28.6 Å². The van der Waals surface area contributed by atoms with Crippen LogP contribution < -0.4 is 0 Å². The van der Waals surface area contributed by atoms with Gasteiger partial charge >= 0.3 is 17.9 Å². The Bertz CT molecular complexity index is 936. The van der Waals surface area contributed by atoms with Crippen LogP contribution in [0.15, 0.2) is 0 Å². The molecule has 0 amide bonds. The van der Waals surface area contributed by atoms with Crippen LogP contribution in [-0.4, -0.2) is 37.2 Å². The third-order valence-electron chi connectivity index (χ3n) is 13.1. The lowest BCUT2D eigenvalue weighted by Crippen LogP contribution is -2.30. The van der Waals surface area contributed by atoms with Crippen LogP contribution >= 0.6 is 0 Å². The minimum Gasteiger partial charge on any atom is -0.462 e. The number of esters is 3. The van der Waals surface area contributed by atoms with Crippen LogP contribution in [0.1, 0.15) is 329 Å². The van der Waals surface area contributed by atoms with E-state index in [1.165, 1.54) is 231 Å². The predicted octanol–water partition coefficient (Wildman–Crippen LogP) is 18.8. The first kappa shape index (κ1) is 61.4. The number of unbranched alkanes of at least 4 members (excludes halogenated alkanes) is 42. The fourth-order valence-electron chi connectivity index (χ4n) is 8.80. The van der Waals surface area contributed by atoms with Gasteiger partial charge in [-0.15, -0.1) is 0 Å². The van der Waals surface area contributed by atoms with Gasteiger partial charge in [-0.25, -0.2) is 0 Å². The van der Waals surface area contributed by atoms with Crippen molar-refractivity contribution < 1.29 is 28.6 Å². The zero-order chi connectivity index (χ0) is 45.8. The van der Waals surface area contributed by atoms with Crippen LogP contribution in [0.2, 0.25) is 0 Å². The van der Waals surface area contributed by atoms with E-state index in [0.717, 1.165) is 57.8 Å². The smallest absolute Gasteiger partial charge is 0.306 e. The Morgan fingerprint density at radius 2 is 0.429 bits per heavy atom. The summed E-state index contributed by atoms with van der Waals surface area (Å²) in [6.07, 6.45) is 58.0. The lowest BCUT2D eigenvalue weighted by atomic mass is 10.0. The Balaban J connectivity index is 4.29. The van der Waals surface area contributed by atoms with E-state index in [9.17, 15) is 14.4 Å². The maximum absolute atomic E-state index is 12.8. The molecule has 374 valence electrons. The highest BCUT2D eigenvalue weighted by Crippen LogP contribution is 2.17. The zero-order valence-corrected chi connectivity index (χ0v) is 42.9. The fraction of sp³-hybridized carbons (Fsp3) is 0.947. The average Bonchev–Trinajstić information content (AvgIpc) is 3.28. The Morgan fingerprint density at radius 3 is 0.635 bits per heavy atom. The maximum Gasteiger partial charge on any atom is 0.306 e. The lowest BCUT2D eigenvalue weighted by Gasteiger charge is -2.18. The van der Waals surface area contributed by atoms with Crippen molar-refractivity contribution >= 4 is 17.9 Å². The Labute approximate surface area is 393 Å². The molecule has 6 nitrogen and oxygen atoms in total. The highest BCUT2D eigenvalue weighted by molar-refractivity contribution is 5.71. The van der Waals surface area contributed by atoms with Crippen molar-refractivity contribution in [2.45, 2.75) is 335 Å². The molecule has 0 radical (unpaired) electrons. The highest BCUT2D eigenvalue weighted by Gasteiger charge is 2.19. The van der Waals surface area contributed by atoms with E-state index < -0.39 is 6.10 Å². The van der Waals surface area contributed by atoms with Gasteiger partial charge in [0.15, 0.2) is 6.10 Å². The SMILES string of the molecule is CCCCCCCCCCCCCCCCCCC(=O)OC[C@H](COC(=O)CCCCCCCCCCCCCCCCC)OC(=O)CCCCCCCCCCCCCCCC.